The van der Waals surface area contributed by atoms with Crippen molar-refractivity contribution in [3.05, 3.63) is 35.4 Å². The Morgan fingerprint density at radius 3 is 2.47 bits per heavy atom. The molecule has 3 N–H and O–H groups in total. The molecule has 0 spiro atoms. The molecule has 0 aliphatic heterocycles. The molecular weight excluding hydrogens is 188 g/mol. The average molecular weight is 206 g/mol. The normalized spacial score (nSPS) is 12.1. The molecule has 3 heteroatoms. The standard InChI is InChI=1S/C12H18N2O/c1-3-4-11(14-12(13)15)10-7-5-9(2)6-8-10/h5-8,11H,3-4H2,1-2H3,(H3,13,14,15). The minimum atomic E-state index is -0.464. The van der Waals surface area contributed by atoms with Crippen LogP contribution in [0.25, 0.3) is 0 Å². The highest BCUT2D eigenvalue weighted by atomic mass is 16.2. The largest absolute Gasteiger partial charge is 0.352 e. The zero-order chi connectivity index (χ0) is 11.3. The summed E-state index contributed by atoms with van der Waals surface area (Å²) in [5, 5.41) is 2.76. The molecule has 3 nitrogen and oxygen atoms in total. The summed E-state index contributed by atoms with van der Waals surface area (Å²) < 4.78 is 0. The van der Waals surface area contributed by atoms with Crippen molar-refractivity contribution in [1.82, 2.24) is 5.32 Å². The van der Waals surface area contributed by atoms with Gasteiger partial charge in [-0.25, -0.2) is 4.79 Å². The molecule has 0 saturated heterocycles. The summed E-state index contributed by atoms with van der Waals surface area (Å²) in [5.74, 6) is 0. The summed E-state index contributed by atoms with van der Waals surface area (Å²) in [7, 11) is 0. The molecule has 0 bridgehead atoms. The minimum Gasteiger partial charge on any atom is -0.352 e. The average Bonchev–Trinajstić information content (AvgIpc) is 2.17. The molecule has 1 unspecified atom stereocenters. The number of primary amides is 1. The lowest BCUT2D eigenvalue weighted by Gasteiger charge is -2.17. The summed E-state index contributed by atoms with van der Waals surface area (Å²) in [6.45, 7) is 4.13. The van der Waals surface area contributed by atoms with Crippen LogP contribution in [0.4, 0.5) is 4.79 Å². The highest BCUT2D eigenvalue weighted by Crippen LogP contribution is 2.18. The van der Waals surface area contributed by atoms with Crippen LogP contribution in [0.2, 0.25) is 0 Å². The van der Waals surface area contributed by atoms with Crippen molar-refractivity contribution >= 4 is 6.03 Å². The SMILES string of the molecule is CCCC(NC(N)=O)c1ccc(C)cc1. The van der Waals surface area contributed by atoms with Gasteiger partial charge in [0.2, 0.25) is 0 Å². The van der Waals surface area contributed by atoms with Crippen LogP contribution in [0.5, 0.6) is 0 Å². The maximum Gasteiger partial charge on any atom is 0.312 e. The maximum atomic E-state index is 10.8. The van der Waals surface area contributed by atoms with Gasteiger partial charge in [-0.2, -0.15) is 0 Å². The Balaban J connectivity index is 2.78. The number of rotatable bonds is 4. The van der Waals surface area contributed by atoms with Crippen molar-refractivity contribution in [3.8, 4) is 0 Å². The van der Waals surface area contributed by atoms with Gasteiger partial charge in [0.25, 0.3) is 0 Å². The first-order valence-corrected chi connectivity index (χ1v) is 5.26. The predicted molar refractivity (Wildman–Crippen MR) is 61.5 cm³/mol. The van der Waals surface area contributed by atoms with Crippen molar-refractivity contribution in [2.75, 3.05) is 0 Å². The molecule has 15 heavy (non-hydrogen) atoms. The molecule has 0 aliphatic carbocycles. The van der Waals surface area contributed by atoms with E-state index >= 15 is 0 Å². The minimum absolute atomic E-state index is 0.0353. The number of carbonyl (C=O) groups is 1. The molecule has 1 aromatic rings. The lowest BCUT2D eigenvalue weighted by Crippen LogP contribution is -2.33. The number of urea groups is 1. The fourth-order valence-electron chi connectivity index (χ4n) is 1.58. The van der Waals surface area contributed by atoms with Crippen LogP contribution in [0.15, 0.2) is 24.3 Å². The van der Waals surface area contributed by atoms with Crippen molar-refractivity contribution in [3.63, 3.8) is 0 Å². The topological polar surface area (TPSA) is 55.1 Å². The summed E-state index contributed by atoms with van der Waals surface area (Å²) in [4.78, 5) is 10.8. The Hall–Kier alpha value is -1.51. The number of nitrogens with one attached hydrogen (secondary N) is 1. The Bertz CT molecular complexity index is 319. The van der Waals surface area contributed by atoms with E-state index in [1.54, 1.807) is 0 Å². The van der Waals surface area contributed by atoms with E-state index in [1.807, 2.05) is 31.2 Å². The first-order chi connectivity index (χ1) is 7.13. The van der Waals surface area contributed by atoms with E-state index in [4.69, 9.17) is 5.73 Å². The van der Waals surface area contributed by atoms with Crippen LogP contribution in [-0.2, 0) is 0 Å². The number of nitrogens with two attached hydrogens (primary N) is 1. The van der Waals surface area contributed by atoms with Gasteiger partial charge in [-0.05, 0) is 18.9 Å². The molecule has 0 radical (unpaired) electrons. The second kappa shape index (κ2) is 5.39. The van der Waals surface area contributed by atoms with Crippen LogP contribution >= 0.6 is 0 Å². The smallest absolute Gasteiger partial charge is 0.312 e. The molecule has 82 valence electrons. The van der Waals surface area contributed by atoms with Gasteiger partial charge in [0, 0.05) is 0 Å². The van der Waals surface area contributed by atoms with E-state index in [-0.39, 0.29) is 6.04 Å². The van der Waals surface area contributed by atoms with Crippen LogP contribution in [0.3, 0.4) is 0 Å². The van der Waals surface area contributed by atoms with E-state index in [0.717, 1.165) is 18.4 Å². The lowest BCUT2D eigenvalue weighted by atomic mass is 10.0. The summed E-state index contributed by atoms with van der Waals surface area (Å²) >= 11 is 0. The summed E-state index contributed by atoms with van der Waals surface area (Å²) in [6.07, 6.45) is 1.92. The monoisotopic (exact) mass is 206 g/mol. The second-order valence-corrected chi connectivity index (χ2v) is 3.76. The van der Waals surface area contributed by atoms with Gasteiger partial charge in [-0.15, -0.1) is 0 Å². The van der Waals surface area contributed by atoms with Crippen LogP contribution in [-0.4, -0.2) is 6.03 Å². The van der Waals surface area contributed by atoms with Crippen molar-refractivity contribution in [1.29, 1.82) is 0 Å². The van der Waals surface area contributed by atoms with Crippen LogP contribution in [0.1, 0.15) is 36.9 Å². The van der Waals surface area contributed by atoms with Gasteiger partial charge >= 0.3 is 6.03 Å². The van der Waals surface area contributed by atoms with Gasteiger partial charge in [-0.1, -0.05) is 43.2 Å². The molecule has 0 aliphatic rings. The fraction of sp³-hybridized carbons (Fsp3) is 0.417. The van der Waals surface area contributed by atoms with E-state index < -0.39 is 6.03 Å². The molecule has 1 atom stereocenters. The fourth-order valence-corrected chi connectivity index (χ4v) is 1.58. The Morgan fingerprint density at radius 1 is 1.40 bits per heavy atom. The van der Waals surface area contributed by atoms with Gasteiger partial charge < -0.3 is 11.1 Å². The first kappa shape index (κ1) is 11.6. The number of benzene rings is 1. The Morgan fingerprint density at radius 2 is 2.00 bits per heavy atom. The Labute approximate surface area is 90.7 Å². The number of hydrogen-bond acceptors (Lipinski definition) is 1. The van der Waals surface area contributed by atoms with E-state index in [1.165, 1.54) is 5.56 Å². The molecular formula is C12H18N2O. The summed E-state index contributed by atoms with van der Waals surface area (Å²) in [6, 6.07) is 7.72. The molecule has 0 aromatic heterocycles. The molecule has 0 heterocycles. The van der Waals surface area contributed by atoms with Gasteiger partial charge in [0.15, 0.2) is 0 Å². The maximum absolute atomic E-state index is 10.8. The van der Waals surface area contributed by atoms with Gasteiger partial charge in [-0.3, -0.25) is 0 Å². The second-order valence-electron chi connectivity index (χ2n) is 3.76. The van der Waals surface area contributed by atoms with Crippen LogP contribution in [0, 0.1) is 6.92 Å². The number of aryl methyl sites for hydroxylation is 1. The summed E-state index contributed by atoms with van der Waals surface area (Å²) in [5.41, 5.74) is 7.47. The predicted octanol–water partition coefficient (Wildman–Crippen LogP) is 2.50. The molecule has 0 saturated carbocycles. The number of amides is 2. The quantitative estimate of drug-likeness (QED) is 0.781. The molecule has 1 rings (SSSR count). The number of hydrogen-bond donors (Lipinski definition) is 2. The van der Waals surface area contributed by atoms with E-state index in [9.17, 15) is 4.79 Å². The van der Waals surface area contributed by atoms with Crippen molar-refractivity contribution in [2.24, 2.45) is 5.73 Å². The van der Waals surface area contributed by atoms with Crippen LogP contribution < -0.4 is 11.1 Å². The van der Waals surface area contributed by atoms with E-state index in [2.05, 4.69) is 12.2 Å². The molecule has 0 fully saturated rings. The first-order valence-electron chi connectivity index (χ1n) is 5.26. The lowest BCUT2D eigenvalue weighted by molar-refractivity contribution is 0.244. The van der Waals surface area contributed by atoms with Gasteiger partial charge in [0.1, 0.15) is 0 Å². The third kappa shape index (κ3) is 3.62. The Kier molecular flexibility index (Phi) is 4.16. The zero-order valence-corrected chi connectivity index (χ0v) is 9.29. The third-order valence-corrected chi connectivity index (χ3v) is 2.37. The zero-order valence-electron chi connectivity index (χ0n) is 9.29. The molecule has 1 aromatic carbocycles. The van der Waals surface area contributed by atoms with E-state index in [0.29, 0.717) is 0 Å². The van der Waals surface area contributed by atoms with Crippen molar-refractivity contribution in [2.45, 2.75) is 32.7 Å². The third-order valence-electron chi connectivity index (χ3n) is 2.37. The van der Waals surface area contributed by atoms with Gasteiger partial charge in [0.05, 0.1) is 6.04 Å². The molecule has 2 amide bonds. The van der Waals surface area contributed by atoms with Crippen molar-refractivity contribution < 1.29 is 4.79 Å². The highest BCUT2D eigenvalue weighted by Gasteiger charge is 2.11. The number of carbonyl (C=O) groups excluding carboxylic acids is 1. The highest BCUT2D eigenvalue weighted by molar-refractivity contribution is 5.72.